The summed E-state index contributed by atoms with van der Waals surface area (Å²) < 4.78 is 5.64. The lowest BCUT2D eigenvalue weighted by Gasteiger charge is -2.34. The number of carbonyl (C=O) groups excluding carboxylic acids is 1. The first-order valence-electron chi connectivity index (χ1n) is 9.08. The summed E-state index contributed by atoms with van der Waals surface area (Å²) in [6, 6.07) is 7.03. The maximum absolute atomic E-state index is 12.7. The first-order valence-corrected chi connectivity index (χ1v) is 9.08. The molecule has 1 aliphatic rings. The molecule has 0 N–H and O–H groups in total. The van der Waals surface area contributed by atoms with Crippen molar-refractivity contribution in [1.82, 2.24) is 19.9 Å². The second-order valence-corrected chi connectivity index (χ2v) is 6.19. The van der Waals surface area contributed by atoms with E-state index in [0.29, 0.717) is 50.2 Å². The van der Waals surface area contributed by atoms with Gasteiger partial charge in [0.15, 0.2) is 0 Å². The summed E-state index contributed by atoms with van der Waals surface area (Å²) in [6.45, 7) is 5.01. The Hall–Kier alpha value is -3.21. The van der Waals surface area contributed by atoms with E-state index in [0.717, 1.165) is 12.8 Å². The average molecular weight is 366 g/mol. The number of pyridine rings is 1. The molecule has 140 valence electrons. The number of unbranched alkanes of at least 4 members (excludes halogenated alkanes) is 1. The lowest BCUT2D eigenvalue weighted by molar-refractivity contribution is 0.0740. The molecule has 2 aromatic rings. The van der Waals surface area contributed by atoms with Gasteiger partial charge < -0.3 is 14.5 Å². The van der Waals surface area contributed by atoms with Crippen LogP contribution >= 0.6 is 0 Å². The predicted molar refractivity (Wildman–Crippen MR) is 99.5 cm³/mol. The molecule has 3 rings (SSSR count). The molecule has 1 amide bonds. The number of rotatable bonds is 6. The van der Waals surface area contributed by atoms with Crippen LogP contribution in [-0.2, 0) is 0 Å². The van der Waals surface area contributed by atoms with Gasteiger partial charge in [-0.3, -0.25) is 4.79 Å². The Labute approximate surface area is 158 Å². The molecule has 0 aromatic carbocycles. The van der Waals surface area contributed by atoms with Crippen molar-refractivity contribution in [1.29, 1.82) is 5.26 Å². The minimum absolute atomic E-state index is 0.205. The normalized spacial score (nSPS) is 13.9. The quantitative estimate of drug-likeness (QED) is 0.720. The molecule has 1 saturated heterocycles. The van der Waals surface area contributed by atoms with Gasteiger partial charge in [-0.1, -0.05) is 13.3 Å². The van der Waals surface area contributed by atoms with Crippen molar-refractivity contribution in [3.63, 3.8) is 0 Å². The van der Waals surface area contributed by atoms with Gasteiger partial charge in [0.25, 0.3) is 5.91 Å². The molecule has 2 aromatic heterocycles. The SMILES string of the molecule is CCCCOc1ccnc(N2CCN(C(=O)c3ncccc3C#N)CC2)n1. The van der Waals surface area contributed by atoms with Crippen molar-refractivity contribution in [2.24, 2.45) is 0 Å². The number of piperazine rings is 1. The van der Waals surface area contributed by atoms with Crippen LogP contribution < -0.4 is 9.64 Å². The minimum Gasteiger partial charge on any atom is -0.478 e. The smallest absolute Gasteiger partial charge is 0.273 e. The van der Waals surface area contributed by atoms with Crippen LogP contribution in [0.5, 0.6) is 5.88 Å². The van der Waals surface area contributed by atoms with E-state index in [1.807, 2.05) is 11.0 Å². The summed E-state index contributed by atoms with van der Waals surface area (Å²) in [5.41, 5.74) is 0.501. The first kappa shape index (κ1) is 18.6. The number of hydrogen-bond acceptors (Lipinski definition) is 7. The first-order chi connectivity index (χ1) is 13.2. The van der Waals surface area contributed by atoms with Crippen LogP contribution in [0.1, 0.15) is 35.8 Å². The molecule has 0 aliphatic carbocycles. The molecule has 8 heteroatoms. The highest BCUT2D eigenvalue weighted by Gasteiger charge is 2.25. The van der Waals surface area contributed by atoms with E-state index in [9.17, 15) is 4.79 Å². The second-order valence-electron chi connectivity index (χ2n) is 6.19. The van der Waals surface area contributed by atoms with Crippen LogP contribution in [0.4, 0.5) is 5.95 Å². The Kier molecular flexibility index (Phi) is 6.15. The molecule has 0 radical (unpaired) electrons. The van der Waals surface area contributed by atoms with E-state index in [-0.39, 0.29) is 11.6 Å². The largest absolute Gasteiger partial charge is 0.478 e. The molecule has 3 heterocycles. The van der Waals surface area contributed by atoms with Gasteiger partial charge in [-0.2, -0.15) is 10.2 Å². The van der Waals surface area contributed by atoms with E-state index < -0.39 is 0 Å². The Morgan fingerprint density at radius 2 is 2.04 bits per heavy atom. The van der Waals surface area contributed by atoms with Crippen LogP contribution in [0.25, 0.3) is 0 Å². The number of nitrogens with zero attached hydrogens (tertiary/aromatic N) is 6. The van der Waals surface area contributed by atoms with Gasteiger partial charge in [0.1, 0.15) is 11.8 Å². The van der Waals surface area contributed by atoms with Crippen LogP contribution in [0.3, 0.4) is 0 Å². The molecular formula is C19H22N6O2. The zero-order chi connectivity index (χ0) is 19.1. The van der Waals surface area contributed by atoms with Gasteiger partial charge in [0.05, 0.1) is 12.2 Å². The number of hydrogen-bond donors (Lipinski definition) is 0. The Balaban J connectivity index is 1.61. The zero-order valence-corrected chi connectivity index (χ0v) is 15.3. The second kappa shape index (κ2) is 8.94. The average Bonchev–Trinajstić information content (AvgIpc) is 2.74. The molecule has 0 bridgehead atoms. The third kappa shape index (κ3) is 4.50. The zero-order valence-electron chi connectivity index (χ0n) is 15.3. The number of nitriles is 1. The monoisotopic (exact) mass is 366 g/mol. The third-order valence-electron chi connectivity index (χ3n) is 4.35. The Morgan fingerprint density at radius 3 is 2.78 bits per heavy atom. The number of carbonyl (C=O) groups is 1. The summed E-state index contributed by atoms with van der Waals surface area (Å²) in [7, 11) is 0. The lowest BCUT2D eigenvalue weighted by atomic mass is 10.2. The number of amides is 1. The van der Waals surface area contributed by atoms with Gasteiger partial charge in [-0.15, -0.1) is 0 Å². The van der Waals surface area contributed by atoms with Gasteiger partial charge >= 0.3 is 0 Å². The molecule has 1 aliphatic heterocycles. The van der Waals surface area contributed by atoms with Crippen molar-refractivity contribution in [3.8, 4) is 11.9 Å². The molecule has 0 spiro atoms. The van der Waals surface area contributed by atoms with Crippen molar-refractivity contribution in [2.75, 3.05) is 37.7 Å². The summed E-state index contributed by atoms with van der Waals surface area (Å²) >= 11 is 0. The van der Waals surface area contributed by atoms with Crippen molar-refractivity contribution in [3.05, 3.63) is 41.9 Å². The molecule has 8 nitrogen and oxygen atoms in total. The Morgan fingerprint density at radius 1 is 1.22 bits per heavy atom. The van der Waals surface area contributed by atoms with Crippen molar-refractivity contribution < 1.29 is 9.53 Å². The van der Waals surface area contributed by atoms with Gasteiger partial charge in [-0.05, 0) is 18.6 Å². The number of anilines is 1. The fraction of sp³-hybridized carbons (Fsp3) is 0.421. The van der Waals surface area contributed by atoms with E-state index in [1.165, 1.54) is 6.20 Å². The maximum atomic E-state index is 12.7. The highest BCUT2D eigenvalue weighted by Crippen LogP contribution is 2.16. The van der Waals surface area contributed by atoms with E-state index in [1.54, 1.807) is 29.3 Å². The van der Waals surface area contributed by atoms with Gasteiger partial charge in [0, 0.05) is 44.6 Å². The molecule has 0 atom stereocenters. The summed E-state index contributed by atoms with van der Waals surface area (Å²) in [6.07, 6.45) is 5.27. The molecule has 27 heavy (non-hydrogen) atoms. The fourth-order valence-corrected chi connectivity index (χ4v) is 2.81. The predicted octanol–water partition coefficient (Wildman–Crippen LogP) is 1.88. The minimum atomic E-state index is -0.218. The summed E-state index contributed by atoms with van der Waals surface area (Å²) in [5, 5.41) is 9.16. The summed E-state index contributed by atoms with van der Waals surface area (Å²) in [5.74, 6) is 0.954. The highest BCUT2D eigenvalue weighted by molar-refractivity contribution is 5.94. The van der Waals surface area contributed by atoms with Crippen molar-refractivity contribution in [2.45, 2.75) is 19.8 Å². The number of ether oxygens (including phenoxy) is 1. The van der Waals surface area contributed by atoms with E-state index >= 15 is 0 Å². The van der Waals surface area contributed by atoms with Crippen LogP contribution in [0, 0.1) is 11.3 Å². The van der Waals surface area contributed by atoms with Crippen LogP contribution in [0.2, 0.25) is 0 Å². The highest BCUT2D eigenvalue weighted by atomic mass is 16.5. The molecular weight excluding hydrogens is 344 g/mol. The topological polar surface area (TPSA) is 95.2 Å². The van der Waals surface area contributed by atoms with Crippen molar-refractivity contribution >= 4 is 11.9 Å². The summed E-state index contributed by atoms with van der Waals surface area (Å²) in [4.78, 5) is 29.3. The van der Waals surface area contributed by atoms with Gasteiger partial charge in [-0.25, -0.2) is 9.97 Å². The Bertz CT molecular complexity index is 827. The van der Waals surface area contributed by atoms with Crippen LogP contribution in [0.15, 0.2) is 30.6 Å². The molecule has 0 unspecified atom stereocenters. The standard InChI is InChI=1S/C19H22N6O2/c1-2-3-13-27-16-6-8-22-19(23-16)25-11-9-24(10-12-25)18(26)17-15(14-20)5-4-7-21-17/h4-8H,2-3,9-13H2,1H3. The molecule has 0 saturated carbocycles. The van der Waals surface area contributed by atoms with Gasteiger partial charge in [0.2, 0.25) is 11.8 Å². The van der Waals surface area contributed by atoms with E-state index in [4.69, 9.17) is 10.00 Å². The maximum Gasteiger partial charge on any atom is 0.273 e. The number of aromatic nitrogens is 3. The van der Waals surface area contributed by atoms with Crippen LogP contribution in [-0.4, -0.2) is 58.5 Å². The third-order valence-corrected chi connectivity index (χ3v) is 4.35. The lowest BCUT2D eigenvalue weighted by Crippen LogP contribution is -2.49. The molecule has 1 fully saturated rings. The van der Waals surface area contributed by atoms with E-state index in [2.05, 4.69) is 21.9 Å². The fourth-order valence-electron chi connectivity index (χ4n) is 2.81.